The largest absolute Gasteiger partial charge is 0.481 e. The number of thioether (sulfide) groups is 1. The van der Waals surface area contributed by atoms with E-state index in [0.29, 0.717) is 11.7 Å². The third-order valence-electron chi connectivity index (χ3n) is 1.82. The first-order chi connectivity index (χ1) is 8.16. The van der Waals surface area contributed by atoms with Crippen LogP contribution in [0.2, 0.25) is 0 Å². The summed E-state index contributed by atoms with van der Waals surface area (Å²) < 4.78 is 1.37. The number of rotatable bonds is 5. The van der Waals surface area contributed by atoms with E-state index in [2.05, 4.69) is 15.2 Å². The molecule has 17 heavy (non-hydrogen) atoms. The van der Waals surface area contributed by atoms with Gasteiger partial charge in [-0.05, 0) is 0 Å². The van der Waals surface area contributed by atoms with Crippen molar-refractivity contribution in [2.45, 2.75) is 11.7 Å². The molecule has 0 aliphatic heterocycles. The van der Waals surface area contributed by atoms with E-state index in [0.717, 1.165) is 16.8 Å². The van der Waals surface area contributed by atoms with E-state index in [4.69, 9.17) is 5.11 Å². The molecule has 0 bridgehead atoms. The van der Waals surface area contributed by atoms with Gasteiger partial charge in [-0.25, -0.2) is 14.9 Å². The number of H-pyrrole nitrogens is 1. The van der Waals surface area contributed by atoms with E-state index >= 15 is 0 Å². The van der Waals surface area contributed by atoms with E-state index in [1.807, 2.05) is 5.38 Å². The number of aromatic amines is 1. The minimum atomic E-state index is -0.953. The molecule has 0 aliphatic rings. The van der Waals surface area contributed by atoms with Crippen molar-refractivity contribution in [3.63, 3.8) is 0 Å². The molecule has 0 saturated heterocycles. The van der Waals surface area contributed by atoms with E-state index in [-0.39, 0.29) is 11.4 Å². The predicted molar refractivity (Wildman–Crippen MR) is 62.4 cm³/mol. The normalized spacial score (nSPS) is 10.6. The Hall–Kier alpha value is -1.61. The zero-order valence-corrected chi connectivity index (χ0v) is 10.1. The number of nitrogens with zero attached hydrogens (tertiary/aromatic N) is 3. The van der Waals surface area contributed by atoms with Gasteiger partial charge in [0.05, 0.1) is 12.3 Å². The Labute approximate surface area is 104 Å². The zero-order valence-electron chi connectivity index (χ0n) is 8.49. The summed E-state index contributed by atoms with van der Waals surface area (Å²) in [6.45, 7) is 0.301. The van der Waals surface area contributed by atoms with Gasteiger partial charge in [-0.1, -0.05) is 11.8 Å². The van der Waals surface area contributed by atoms with Crippen LogP contribution in [-0.2, 0) is 11.3 Å². The Morgan fingerprint density at radius 3 is 3.12 bits per heavy atom. The number of thiazole rings is 1. The molecule has 2 heterocycles. The number of aromatic nitrogens is 4. The lowest BCUT2D eigenvalue weighted by atomic mass is 10.6. The molecule has 0 aliphatic carbocycles. The van der Waals surface area contributed by atoms with Crippen molar-refractivity contribution in [1.29, 1.82) is 0 Å². The molecule has 0 atom stereocenters. The minimum absolute atomic E-state index is 0.137. The quantitative estimate of drug-likeness (QED) is 0.757. The van der Waals surface area contributed by atoms with Gasteiger partial charge in [0.1, 0.15) is 5.01 Å². The highest BCUT2D eigenvalue weighted by Gasteiger charge is 2.11. The summed E-state index contributed by atoms with van der Waals surface area (Å²) in [4.78, 5) is 26.0. The summed E-state index contributed by atoms with van der Waals surface area (Å²) in [5.74, 6) is -1.09. The van der Waals surface area contributed by atoms with E-state index in [1.165, 1.54) is 15.9 Å². The fraction of sp³-hybridized carbons (Fsp3) is 0.250. The van der Waals surface area contributed by atoms with Crippen LogP contribution in [0.5, 0.6) is 0 Å². The summed E-state index contributed by atoms with van der Waals surface area (Å²) in [6.07, 6.45) is 1.65. The second kappa shape index (κ2) is 5.15. The number of carboxylic acid groups (broad SMARTS) is 1. The topological polar surface area (TPSA) is 101 Å². The Balaban J connectivity index is 2.17. The van der Waals surface area contributed by atoms with Crippen LogP contribution in [0, 0.1) is 0 Å². The number of hydrogen-bond acceptors (Lipinski definition) is 6. The van der Waals surface area contributed by atoms with Gasteiger partial charge in [0.25, 0.3) is 0 Å². The summed E-state index contributed by atoms with van der Waals surface area (Å²) in [5, 5.41) is 17.6. The Morgan fingerprint density at radius 2 is 2.47 bits per heavy atom. The number of nitrogens with one attached hydrogen (secondary N) is 1. The van der Waals surface area contributed by atoms with Crippen LogP contribution in [0.4, 0.5) is 0 Å². The fourth-order valence-electron chi connectivity index (χ4n) is 1.15. The smallest absolute Gasteiger partial charge is 0.344 e. The average molecular weight is 272 g/mol. The maximum absolute atomic E-state index is 11.5. The molecule has 2 rings (SSSR count). The summed E-state index contributed by atoms with van der Waals surface area (Å²) in [5.41, 5.74) is -0.368. The predicted octanol–water partition coefficient (Wildman–Crippen LogP) is 0.253. The van der Waals surface area contributed by atoms with Gasteiger partial charge in [0.15, 0.2) is 5.16 Å². The Bertz CT molecular complexity index is 560. The third-order valence-corrected chi connectivity index (χ3v) is 3.55. The van der Waals surface area contributed by atoms with Crippen molar-refractivity contribution in [2.75, 3.05) is 5.75 Å². The van der Waals surface area contributed by atoms with Gasteiger partial charge >= 0.3 is 11.7 Å². The Morgan fingerprint density at radius 1 is 1.65 bits per heavy atom. The molecule has 2 aromatic rings. The third kappa shape index (κ3) is 2.94. The number of carbonyl (C=O) groups is 1. The van der Waals surface area contributed by atoms with Crippen LogP contribution < -0.4 is 5.69 Å². The molecule has 0 saturated carbocycles. The number of hydrogen-bond donors (Lipinski definition) is 2. The van der Waals surface area contributed by atoms with Gasteiger partial charge in [-0.3, -0.25) is 9.36 Å². The highest BCUT2D eigenvalue weighted by molar-refractivity contribution is 7.99. The van der Waals surface area contributed by atoms with Gasteiger partial charge in [0, 0.05) is 11.6 Å². The molecule has 7 nitrogen and oxygen atoms in total. The van der Waals surface area contributed by atoms with Gasteiger partial charge in [-0.2, -0.15) is 0 Å². The van der Waals surface area contributed by atoms with Crippen LogP contribution in [-0.4, -0.2) is 36.6 Å². The molecule has 2 aromatic heterocycles. The van der Waals surface area contributed by atoms with E-state index in [9.17, 15) is 9.59 Å². The van der Waals surface area contributed by atoms with Crippen molar-refractivity contribution >= 4 is 29.1 Å². The van der Waals surface area contributed by atoms with E-state index < -0.39 is 5.97 Å². The van der Waals surface area contributed by atoms with Crippen molar-refractivity contribution < 1.29 is 9.90 Å². The Kier molecular flexibility index (Phi) is 3.59. The molecular formula is C8H8N4O3S2. The first-order valence-electron chi connectivity index (χ1n) is 4.55. The highest BCUT2D eigenvalue weighted by Crippen LogP contribution is 2.14. The number of aliphatic carboxylic acids is 1. The van der Waals surface area contributed by atoms with Crippen molar-refractivity contribution in [1.82, 2.24) is 19.7 Å². The van der Waals surface area contributed by atoms with E-state index in [1.54, 1.807) is 6.20 Å². The van der Waals surface area contributed by atoms with Crippen LogP contribution in [0.3, 0.4) is 0 Å². The highest BCUT2D eigenvalue weighted by atomic mass is 32.2. The van der Waals surface area contributed by atoms with Crippen molar-refractivity contribution in [3.05, 3.63) is 27.1 Å². The molecule has 0 radical (unpaired) electrons. The molecule has 0 aromatic carbocycles. The second-order valence-electron chi connectivity index (χ2n) is 3.01. The standard InChI is InChI=1S/C8H8N4O3S2/c13-6(14)4-17-8-11-10-7(15)12(8)3-5-9-1-2-16-5/h1-2H,3-4H2,(H,10,15)(H,13,14). The van der Waals surface area contributed by atoms with Crippen LogP contribution in [0.15, 0.2) is 21.5 Å². The van der Waals surface area contributed by atoms with Gasteiger partial charge in [0.2, 0.25) is 0 Å². The molecule has 0 amide bonds. The minimum Gasteiger partial charge on any atom is -0.481 e. The van der Waals surface area contributed by atoms with Gasteiger partial charge < -0.3 is 5.11 Å². The van der Waals surface area contributed by atoms with Crippen molar-refractivity contribution in [2.24, 2.45) is 0 Å². The molecule has 2 N–H and O–H groups in total. The lowest BCUT2D eigenvalue weighted by Gasteiger charge is -2.01. The average Bonchev–Trinajstić information content (AvgIpc) is 2.89. The maximum atomic E-state index is 11.5. The fourth-order valence-corrected chi connectivity index (χ4v) is 2.42. The second-order valence-corrected chi connectivity index (χ2v) is 4.93. The summed E-state index contributed by atoms with van der Waals surface area (Å²) >= 11 is 2.42. The number of carboxylic acids is 1. The van der Waals surface area contributed by atoms with Gasteiger partial charge in [-0.15, -0.1) is 16.4 Å². The molecular weight excluding hydrogens is 264 g/mol. The van der Waals surface area contributed by atoms with Crippen LogP contribution in [0.1, 0.15) is 5.01 Å². The van der Waals surface area contributed by atoms with Crippen LogP contribution in [0.25, 0.3) is 0 Å². The molecule has 0 spiro atoms. The maximum Gasteiger partial charge on any atom is 0.344 e. The van der Waals surface area contributed by atoms with Crippen molar-refractivity contribution in [3.8, 4) is 0 Å². The summed E-state index contributed by atoms with van der Waals surface area (Å²) in [6, 6.07) is 0. The molecule has 0 fully saturated rings. The lowest BCUT2D eigenvalue weighted by Crippen LogP contribution is -2.18. The zero-order chi connectivity index (χ0) is 12.3. The first kappa shape index (κ1) is 11.9. The molecule has 9 heteroatoms. The summed E-state index contributed by atoms with van der Waals surface area (Å²) in [7, 11) is 0. The molecule has 90 valence electrons. The molecule has 0 unspecified atom stereocenters. The SMILES string of the molecule is O=C(O)CSc1n[nH]c(=O)n1Cc1nccs1. The lowest BCUT2D eigenvalue weighted by molar-refractivity contribution is -0.133. The monoisotopic (exact) mass is 272 g/mol. The first-order valence-corrected chi connectivity index (χ1v) is 6.41. The van der Waals surface area contributed by atoms with Crippen LogP contribution >= 0.6 is 23.1 Å².